The van der Waals surface area contributed by atoms with Crippen LogP contribution in [0.3, 0.4) is 0 Å². The first kappa shape index (κ1) is 21.1. The number of hydrogen-bond acceptors (Lipinski definition) is 6. The number of sulfone groups is 1. The van der Waals surface area contributed by atoms with Crippen LogP contribution < -0.4 is 15.0 Å². The molecule has 7 nitrogen and oxygen atoms in total. The lowest BCUT2D eigenvalue weighted by atomic mass is 10.2. The van der Waals surface area contributed by atoms with Crippen molar-refractivity contribution in [2.24, 2.45) is 0 Å². The highest BCUT2D eigenvalue weighted by molar-refractivity contribution is 7.90. The molecule has 2 aromatic carbocycles. The van der Waals surface area contributed by atoms with Gasteiger partial charge in [-0.2, -0.15) is 0 Å². The summed E-state index contributed by atoms with van der Waals surface area (Å²) in [6.07, 6.45) is 1.14. The largest absolute Gasteiger partial charge is 0.492 e. The second kappa shape index (κ2) is 9.28. The second-order valence-corrected chi connectivity index (χ2v) is 8.96. The number of nitrogens with one attached hydrogen (secondary N) is 1. The molecule has 1 aliphatic heterocycles. The van der Waals surface area contributed by atoms with E-state index in [0.29, 0.717) is 12.3 Å². The lowest BCUT2D eigenvalue weighted by Gasteiger charge is -2.36. The Hall–Kier alpha value is -2.58. The molecule has 1 aliphatic rings. The van der Waals surface area contributed by atoms with Crippen LogP contribution in [0.25, 0.3) is 0 Å². The molecule has 1 N–H and O–H groups in total. The molecular formula is C21H27N3O4S. The van der Waals surface area contributed by atoms with Gasteiger partial charge in [0.25, 0.3) is 0 Å². The van der Waals surface area contributed by atoms with E-state index in [4.69, 9.17) is 4.74 Å². The molecule has 0 unspecified atom stereocenters. The molecule has 1 amide bonds. The molecule has 0 aliphatic carbocycles. The van der Waals surface area contributed by atoms with Crippen molar-refractivity contribution < 1.29 is 17.9 Å². The lowest BCUT2D eigenvalue weighted by Crippen LogP contribution is -2.48. The van der Waals surface area contributed by atoms with Gasteiger partial charge in [0.2, 0.25) is 5.91 Å². The first-order chi connectivity index (χ1) is 13.9. The number of carbonyl (C=O) groups is 1. The van der Waals surface area contributed by atoms with Gasteiger partial charge in [0.05, 0.1) is 29.4 Å². The van der Waals surface area contributed by atoms with E-state index in [1.54, 1.807) is 18.2 Å². The smallest absolute Gasteiger partial charge is 0.238 e. The minimum atomic E-state index is -3.41. The van der Waals surface area contributed by atoms with E-state index in [0.717, 1.165) is 43.9 Å². The number of piperazine rings is 1. The molecule has 1 saturated heterocycles. The van der Waals surface area contributed by atoms with Gasteiger partial charge in [-0.1, -0.05) is 24.3 Å². The summed E-state index contributed by atoms with van der Waals surface area (Å²) >= 11 is 0. The van der Waals surface area contributed by atoms with Gasteiger partial charge < -0.3 is 15.0 Å². The molecule has 1 fully saturated rings. The average molecular weight is 418 g/mol. The Kier molecular flexibility index (Phi) is 6.76. The minimum Gasteiger partial charge on any atom is -0.492 e. The van der Waals surface area contributed by atoms with Gasteiger partial charge in [0.1, 0.15) is 5.75 Å². The highest BCUT2D eigenvalue weighted by Crippen LogP contribution is 2.28. The molecule has 0 bridgehead atoms. The summed E-state index contributed by atoms with van der Waals surface area (Å²) in [4.78, 5) is 16.9. The first-order valence-electron chi connectivity index (χ1n) is 9.66. The molecular weight excluding hydrogens is 390 g/mol. The standard InChI is InChI=1S/C21H27N3O4S/c1-3-28-19-10-6-5-9-18(19)24-14-12-23(13-15-24)16-21(25)22-17-8-4-7-11-20(17)29(2,26)27/h4-11H,3,12-16H2,1-2H3,(H,22,25). The third-order valence-corrected chi connectivity index (χ3v) is 5.96. The Labute approximate surface area is 172 Å². The SMILES string of the molecule is CCOc1ccccc1N1CCN(CC(=O)Nc2ccccc2S(C)(=O)=O)CC1. The first-order valence-corrected chi connectivity index (χ1v) is 11.6. The van der Waals surface area contributed by atoms with Crippen LogP contribution in [0.15, 0.2) is 53.4 Å². The molecule has 156 valence electrons. The number of amides is 1. The lowest BCUT2D eigenvalue weighted by molar-refractivity contribution is -0.117. The summed E-state index contributed by atoms with van der Waals surface area (Å²) in [5.74, 6) is 0.655. The Balaban J connectivity index is 1.57. The van der Waals surface area contributed by atoms with Gasteiger partial charge in [-0.3, -0.25) is 9.69 Å². The van der Waals surface area contributed by atoms with Crippen LogP contribution >= 0.6 is 0 Å². The molecule has 0 atom stereocenters. The molecule has 1 heterocycles. The molecule has 0 spiro atoms. The van der Waals surface area contributed by atoms with Crippen molar-refractivity contribution in [3.63, 3.8) is 0 Å². The zero-order chi connectivity index (χ0) is 20.9. The molecule has 0 saturated carbocycles. The van der Waals surface area contributed by atoms with E-state index in [2.05, 4.69) is 21.2 Å². The third-order valence-electron chi connectivity index (χ3n) is 4.81. The van der Waals surface area contributed by atoms with Crippen LogP contribution in [0.4, 0.5) is 11.4 Å². The van der Waals surface area contributed by atoms with Crippen molar-refractivity contribution >= 4 is 27.1 Å². The summed E-state index contributed by atoms with van der Waals surface area (Å²) < 4.78 is 29.5. The molecule has 2 aromatic rings. The maximum atomic E-state index is 12.5. The fraction of sp³-hybridized carbons (Fsp3) is 0.381. The van der Waals surface area contributed by atoms with Crippen LogP contribution in [0.2, 0.25) is 0 Å². The predicted octanol–water partition coefficient (Wildman–Crippen LogP) is 2.25. The van der Waals surface area contributed by atoms with E-state index >= 15 is 0 Å². The van der Waals surface area contributed by atoms with Gasteiger partial charge in [0, 0.05) is 32.4 Å². The summed E-state index contributed by atoms with van der Waals surface area (Å²) in [5, 5.41) is 2.74. The van der Waals surface area contributed by atoms with Crippen molar-refractivity contribution in [3.05, 3.63) is 48.5 Å². The number of ether oxygens (including phenoxy) is 1. The average Bonchev–Trinajstić information content (AvgIpc) is 2.69. The maximum Gasteiger partial charge on any atom is 0.238 e. The van der Waals surface area contributed by atoms with Crippen molar-refractivity contribution in [2.45, 2.75) is 11.8 Å². The summed E-state index contributed by atoms with van der Waals surface area (Å²) in [7, 11) is -3.41. The van der Waals surface area contributed by atoms with Gasteiger partial charge in [-0.05, 0) is 31.2 Å². The number of para-hydroxylation sites is 3. The van der Waals surface area contributed by atoms with Crippen molar-refractivity contribution in [1.82, 2.24) is 4.90 Å². The van der Waals surface area contributed by atoms with E-state index in [-0.39, 0.29) is 17.3 Å². The van der Waals surface area contributed by atoms with Gasteiger partial charge >= 0.3 is 0 Å². The van der Waals surface area contributed by atoms with E-state index in [1.807, 2.05) is 25.1 Å². The second-order valence-electron chi connectivity index (χ2n) is 6.98. The van der Waals surface area contributed by atoms with Crippen LogP contribution in [0, 0.1) is 0 Å². The number of benzene rings is 2. The number of nitrogens with zero attached hydrogens (tertiary/aromatic N) is 2. The Morgan fingerprint density at radius 3 is 2.38 bits per heavy atom. The minimum absolute atomic E-state index is 0.130. The normalized spacial score (nSPS) is 15.2. The summed E-state index contributed by atoms with van der Waals surface area (Å²) in [6.45, 7) is 5.86. The van der Waals surface area contributed by atoms with E-state index in [9.17, 15) is 13.2 Å². The fourth-order valence-corrected chi connectivity index (χ4v) is 4.27. The highest BCUT2D eigenvalue weighted by Gasteiger charge is 2.22. The van der Waals surface area contributed by atoms with E-state index in [1.165, 1.54) is 6.07 Å². The topological polar surface area (TPSA) is 79.0 Å². The maximum absolute atomic E-state index is 12.5. The van der Waals surface area contributed by atoms with Crippen molar-refractivity contribution in [2.75, 3.05) is 55.8 Å². The van der Waals surface area contributed by atoms with E-state index < -0.39 is 9.84 Å². The molecule has 3 rings (SSSR count). The van der Waals surface area contributed by atoms with Gasteiger partial charge in [0.15, 0.2) is 9.84 Å². The highest BCUT2D eigenvalue weighted by atomic mass is 32.2. The van der Waals surface area contributed by atoms with Crippen LogP contribution in [0.1, 0.15) is 6.92 Å². The number of anilines is 2. The number of hydrogen-bond donors (Lipinski definition) is 1. The molecule has 8 heteroatoms. The zero-order valence-corrected chi connectivity index (χ0v) is 17.6. The molecule has 0 aromatic heterocycles. The van der Waals surface area contributed by atoms with Crippen LogP contribution in [-0.2, 0) is 14.6 Å². The predicted molar refractivity (Wildman–Crippen MR) is 114 cm³/mol. The monoisotopic (exact) mass is 417 g/mol. The number of carbonyl (C=O) groups excluding carboxylic acids is 1. The van der Waals surface area contributed by atoms with Crippen LogP contribution in [-0.4, -0.2) is 64.8 Å². The third kappa shape index (κ3) is 5.48. The summed E-state index contributed by atoms with van der Waals surface area (Å²) in [5.41, 5.74) is 1.39. The Morgan fingerprint density at radius 1 is 1.03 bits per heavy atom. The molecule has 0 radical (unpaired) electrons. The van der Waals surface area contributed by atoms with Gasteiger partial charge in [-0.15, -0.1) is 0 Å². The van der Waals surface area contributed by atoms with Crippen molar-refractivity contribution in [1.29, 1.82) is 0 Å². The van der Waals surface area contributed by atoms with Gasteiger partial charge in [-0.25, -0.2) is 8.42 Å². The van der Waals surface area contributed by atoms with Crippen molar-refractivity contribution in [3.8, 4) is 5.75 Å². The number of rotatable bonds is 7. The Morgan fingerprint density at radius 2 is 1.69 bits per heavy atom. The summed E-state index contributed by atoms with van der Waals surface area (Å²) in [6, 6.07) is 14.4. The fourth-order valence-electron chi connectivity index (χ4n) is 3.43. The molecule has 29 heavy (non-hydrogen) atoms. The van der Waals surface area contributed by atoms with Crippen LogP contribution in [0.5, 0.6) is 5.75 Å². The Bertz CT molecular complexity index is 954. The zero-order valence-electron chi connectivity index (χ0n) is 16.8. The quantitative estimate of drug-likeness (QED) is 0.745.